The summed E-state index contributed by atoms with van der Waals surface area (Å²) in [6.07, 6.45) is 3.60. The number of piperidine rings is 1. The SMILES string of the molecule is CC(=O)N1Cc2cc(Cl)ccc2-n2c(nnc2C2CCN(c3cccnn3)CC2)C1. The maximum atomic E-state index is 12.2. The van der Waals surface area contributed by atoms with Crippen molar-refractivity contribution in [2.75, 3.05) is 18.0 Å². The first-order valence-electron chi connectivity index (χ1n) is 10.1. The zero-order chi connectivity index (χ0) is 20.7. The summed E-state index contributed by atoms with van der Waals surface area (Å²) in [5.74, 6) is 2.95. The minimum atomic E-state index is 0.0104. The summed E-state index contributed by atoms with van der Waals surface area (Å²) in [7, 11) is 0. The largest absolute Gasteiger partial charge is 0.355 e. The fourth-order valence-corrected chi connectivity index (χ4v) is 4.54. The first kappa shape index (κ1) is 19.0. The van der Waals surface area contributed by atoms with Gasteiger partial charge in [0.05, 0.1) is 12.2 Å². The zero-order valence-electron chi connectivity index (χ0n) is 16.7. The Morgan fingerprint density at radius 3 is 2.67 bits per heavy atom. The van der Waals surface area contributed by atoms with Crippen LogP contribution in [0.5, 0.6) is 0 Å². The van der Waals surface area contributed by atoms with E-state index in [-0.39, 0.29) is 11.8 Å². The molecule has 1 saturated heterocycles. The summed E-state index contributed by atoms with van der Waals surface area (Å²) in [5.41, 5.74) is 2.02. The highest BCUT2D eigenvalue weighted by Gasteiger charge is 2.30. The Bertz CT molecular complexity index is 1080. The maximum Gasteiger partial charge on any atom is 0.220 e. The number of carbonyl (C=O) groups excluding carboxylic acids is 1. The highest BCUT2D eigenvalue weighted by molar-refractivity contribution is 6.30. The average molecular weight is 424 g/mol. The van der Waals surface area contributed by atoms with Crippen LogP contribution in [0.25, 0.3) is 5.69 Å². The van der Waals surface area contributed by atoms with Crippen molar-refractivity contribution in [3.63, 3.8) is 0 Å². The summed E-state index contributed by atoms with van der Waals surface area (Å²) < 4.78 is 2.14. The molecule has 1 fully saturated rings. The van der Waals surface area contributed by atoms with Gasteiger partial charge in [-0.2, -0.15) is 5.10 Å². The van der Waals surface area contributed by atoms with Crippen LogP contribution < -0.4 is 4.90 Å². The van der Waals surface area contributed by atoms with Gasteiger partial charge in [-0.15, -0.1) is 15.3 Å². The van der Waals surface area contributed by atoms with E-state index in [4.69, 9.17) is 11.6 Å². The highest BCUT2D eigenvalue weighted by atomic mass is 35.5. The van der Waals surface area contributed by atoms with Crippen molar-refractivity contribution in [1.29, 1.82) is 0 Å². The Morgan fingerprint density at radius 2 is 1.93 bits per heavy atom. The molecule has 2 aliphatic heterocycles. The van der Waals surface area contributed by atoms with E-state index in [1.807, 2.05) is 30.3 Å². The smallest absolute Gasteiger partial charge is 0.220 e. The van der Waals surface area contributed by atoms with Gasteiger partial charge in [0.1, 0.15) is 5.82 Å². The number of benzene rings is 1. The van der Waals surface area contributed by atoms with Crippen LogP contribution in [0.15, 0.2) is 36.5 Å². The van der Waals surface area contributed by atoms with Gasteiger partial charge in [0.25, 0.3) is 0 Å². The highest BCUT2D eigenvalue weighted by Crippen LogP contribution is 2.34. The molecule has 30 heavy (non-hydrogen) atoms. The molecule has 5 rings (SSSR count). The number of aromatic nitrogens is 5. The molecule has 9 heteroatoms. The predicted octanol–water partition coefficient (Wildman–Crippen LogP) is 2.96. The molecule has 0 N–H and O–H groups in total. The van der Waals surface area contributed by atoms with E-state index in [0.717, 1.165) is 54.6 Å². The Hall–Kier alpha value is -3.00. The second kappa shape index (κ2) is 7.68. The van der Waals surface area contributed by atoms with Gasteiger partial charge >= 0.3 is 0 Å². The van der Waals surface area contributed by atoms with Crippen molar-refractivity contribution in [3.05, 3.63) is 58.8 Å². The van der Waals surface area contributed by atoms with Crippen LogP contribution in [-0.2, 0) is 17.9 Å². The molecule has 0 saturated carbocycles. The Labute approximate surface area is 179 Å². The summed E-state index contributed by atoms with van der Waals surface area (Å²) in [4.78, 5) is 16.2. The van der Waals surface area contributed by atoms with Crippen LogP contribution in [0.1, 0.15) is 42.9 Å². The minimum Gasteiger partial charge on any atom is -0.355 e. The molecule has 3 aromatic rings. The lowest BCUT2D eigenvalue weighted by Crippen LogP contribution is -2.34. The second-order valence-corrected chi connectivity index (χ2v) is 8.24. The second-order valence-electron chi connectivity index (χ2n) is 7.80. The molecular weight excluding hydrogens is 402 g/mol. The summed E-state index contributed by atoms with van der Waals surface area (Å²) in [6, 6.07) is 9.73. The lowest BCUT2D eigenvalue weighted by Gasteiger charge is -2.32. The molecule has 0 atom stereocenters. The minimum absolute atomic E-state index is 0.0104. The molecule has 2 aromatic heterocycles. The third-order valence-electron chi connectivity index (χ3n) is 5.92. The molecule has 0 aliphatic carbocycles. The number of rotatable bonds is 2. The van der Waals surface area contributed by atoms with Crippen molar-refractivity contribution in [3.8, 4) is 5.69 Å². The number of amides is 1. The lowest BCUT2D eigenvalue weighted by atomic mass is 9.95. The van der Waals surface area contributed by atoms with Gasteiger partial charge < -0.3 is 9.80 Å². The quantitative estimate of drug-likeness (QED) is 0.630. The predicted molar refractivity (Wildman–Crippen MR) is 113 cm³/mol. The van der Waals surface area contributed by atoms with Crippen molar-refractivity contribution >= 4 is 23.3 Å². The van der Waals surface area contributed by atoms with Crippen molar-refractivity contribution in [2.45, 2.75) is 38.8 Å². The van der Waals surface area contributed by atoms with Crippen molar-refractivity contribution in [2.24, 2.45) is 0 Å². The van der Waals surface area contributed by atoms with Crippen LogP contribution in [-0.4, -0.2) is 48.9 Å². The van der Waals surface area contributed by atoms with Gasteiger partial charge in [0, 0.05) is 43.7 Å². The fourth-order valence-electron chi connectivity index (χ4n) is 4.34. The van der Waals surface area contributed by atoms with Gasteiger partial charge in [-0.1, -0.05) is 11.6 Å². The van der Waals surface area contributed by atoms with Crippen LogP contribution in [0.3, 0.4) is 0 Å². The number of anilines is 1. The van der Waals surface area contributed by atoms with E-state index in [9.17, 15) is 4.79 Å². The third-order valence-corrected chi connectivity index (χ3v) is 6.15. The van der Waals surface area contributed by atoms with Crippen molar-refractivity contribution in [1.82, 2.24) is 29.9 Å². The zero-order valence-corrected chi connectivity index (χ0v) is 17.5. The molecular formula is C21H22ClN7O. The van der Waals surface area contributed by atoms with E-state index in [2.05, 4.69) is 29.9 Å². The number of carbonyl (C=O) groups is 1. The van der Waals surface area contributed by atoms with E-state index < -0.39 is 0 Å². The monoisotopic (exact) mass is 423 g/mol. The maximum absolute atomic E-state index is 12.2. The van der Waals surface area contributed by atoms with Crippen LogP contribution in [0.2, 0.25) is 5.02 Å². The Balaban J connectivity index is 1.47. The summed E-state index contributed by atoms with van der Waals surface area (Å²) in [5, 5.41) is 17.9. The number of hydrogen-bond acceptors (Lipinski definition) is 6. The van der Waals surface area contributed by atoms with Crippen LogP contribution >= 0.6 is 11.6 Å². The standard InChI is InChI=1S/C21H22ClN7O/c1-14(30)28-12-16-11-17(22)4-5-18(16)29-20(13-28)25-26-21(29)15-6-9-27(10-7-15)19-3-2-8-23-24-19/h2-5,8,11,15H,6-7,9-10,12-13H2,1H3. The molecule has 1 amide bonds. The van der Waals surface area contributed by atoms with Crippen LogP contribution in [0, 0.1) is 0 Å². The molecule has 0 spiro atoms. The molecule has 154 valence electrons. The third kappa shape index (κ3) is 3.41. The first-order chi connectivity index (χ1) is 14.6. The van der Waals surface area contributed by atoms with Crippen LogP contribution in [0.4, 0.5) is 5.82 Å². The van der Waals surface area contributed by atoms with E-state index in [1.54, 1.807) is 18.0 Å². The van der Waals surface area contributed by atoms with Gasteiger partial charge in [0.15, 0.2) is 11.6 Å². The number of fused-ring (bicyclic) bond motifs is 3. The summed E-state index contributed by atoms with van der Waals surface area (Å²) in [6.45, 7) is 4.31. The molecule has 2 aliphatic rings. The average Bonchev–Trinajstić information content (AvgIpc) is 3.10. The number of halogens is 1. The van der Waals surface area contributed by atoms with E-state index >= 15 is 0 Å². The molecule has 0 radical (unpaired) electrons. The van der Waals surface area contributed by atoms with E-state index in [1.165, 1.54) is 0 Å². The molecule has 1 aromatic carbocycles. The fraction of sp³-hybridized carbons (Fsp3) is 0.381. The molecule has 0 unspecified atom stereocenters. The topological polar surface area (TPSA) is 80.0 Å². The van der Waals surface area contributed by atoms with Gasteiger partial charge in [-0.3, -0.25) is 9.36 Å². The number of hydrogen-bond donors (Lipinski definition) is 0. The molecule has 4 heterocycles. The molecule has 0 bridgehead atoms. The van der Waals surface area contributed by atoms with Gasteiger partial charge in [-0.25, -0.2) is 0 Å². The number of nitrogens with zero attached hydrogens (tertiary/aromatic N) is 7. The normalized spacial score (nSPS) is 16.7. The Kier molecular flexibility index (Phi) is 4.86. The summed E-state index contributed by atoms with van der Waals surface area (Å²) >= 11 is 6.26. The van der Waals surface area contributed by atoms with E-state index in [0.29, 0.717) is 18.1 Å². The van der Waals surface area contributed by atoms with Gasteiger partial charge in [-0.05, 0) is 48.7 Å². The molecule has 8 nitrogen and oxygen atoms in total. The van der Waals surface area contributed by atoms with Crippen molar-refractivity contribution < 1.29 is 4.79 Å². The first-order valence-corrected chi connectivity index (χ1v) is 10.5. The Morgan fingerprint density at radius 1 is 1.10 bits per heavy atom. The van der Waals surface area contributed by atoms with Gasteiger partial charge in [0.2, 0.25) is 5.91 Å². The lowest BCUT2D eigenvalue weighted by molar-refractivity contribution is -0.130.